The molecule has 0 aromatic carbocycles. The van der Waals surface area contributed by atoms with E-state index < -0.39 is 0 Å². The Kier molecular flexibility index (Phi) is 2.79. The van der Waals surface area contributed by atoms with Crippen LogP contribution in [-0.2, 0) is 9.53 Å². The molecule has 0 aliphatic heterocycles. The lowest BCUT2D eigenvalue weighted by Crippen LogP contribution is -2.23. The third-order valence-corrected chi connectivity index (χ3v) is 2.01. The van der Waals surface area contributed by atoms with Gasteiger partial charge in [-0.3, -0.25) is 4.79 Å². The van der Waals surface area contributed by atoms with E-state index >= 15 is 0 Å². The summed E-state index contributed by atoms with van der Waals surface area (Å²) in [6, 6.07) is 0. The molecule has 1 aliphatic rings. The molecular formula is C11H18O2. The first-order valence-corrected chi connectivity index (χ1v) is 4.79. The Hall–Kier alpha value is -0.790. The molecule has 0 fully saturated rings. The molecule has 2 nitrogen and oxygen atoms in total. The Bertz CT molecular complexity index is 236. The third-order valence-electron chi connectivity index (χ3n) is 2.01. The SMILES string of the molecule is CC(C)OC1=CC(=O)CC(C)(C)C1. The summed E-state index contributed by atoms with van der Waals surface area (Å²) < 4.78 is 5.54. The number of hydrogen-bond acceptors (Lipinski definition) is 2. The van der Waals surface area contributed by atoms with E-state index in [4.69, 9.17) is 4.74 Å². The molecule has 0 radical (unpaired) electrons. The van der Waals surface area contributed by atoms with E-state index in [1.165, 1.54) is 0 Å². The van der Waals surface area contributed by atoms with Gasteiger partial charge in [-0.25, -0.2) is 0 Å². The van der Waals surface area contributed by atoms with Crippen LogP contribution in [-0.4, -0.2) is 11.9 Å². The smallest absolute Gasteiger partial charge is 0.159 e. The molecule has 0 unspecified atom stereocenters. The first kappa shape index (κ1) is 10.3. The van der Waals surface area contributed by atoms with Crippen molar-refractivity contribution >= 4 is 5.78 Å². The highest BCUT2D eigenvalue weighted by Crippen LogP contribution is 2.34. The summed E-state index contributed by atoms with van der Waals surface area (Å²) in [5, 5.41) is 0. The van der Waals surface area contributed by atoms with Gasteiger partial charge in [0.25, 0.3) is 0 Å². The molecular weight excluding hydrogens is 164 g/mol. The fourth-order valence-corrected chi connectivity index (χ4v) is 1.67. The highest BCUT2D eigenvalue weighted by atomic mass is 16.5. The molecule has 1 aliphatic carbocycles. The number of carbonyl (C=O) groups is 1. The van der Waals surface area contributed by atoms with Crippen LogP contribution in [0.2, 0.25) is 0 Å². The van der Waals surface area contributed by atoms with Crippen LogP contribution in [0.5, 0.6) is 0 Å². The lowest BCUT2D eigenvalue weighted by molar-refractivity contribution is -0.117. The number of ether oxygens (including phenoxy) is 1. The first-order chi connectivity index (χ1) is 5.89. The summed E-state index contributed by atoms with van der Waals surface area (Å²) in [6.07, 6.45) is 3.31. The molecule has 0 aromatic rings. The number of hydrogen-bond donors (Lipinski definition) is 0. The Morgan fingerprint density at radius 3 is 2.46 bits per heavy atom. The predicted octanol–water partition coefficient (Wildman–Crippen LogP) is 2.68. The summed E-state index contributed by atoms with van der Waals surface area (Å²) in [5.74, 6) is 1.03. The molecule has 0 atom stereocenters. The Morgan fingerprint density at radius 2 is 2.00 bits per heavy atom. The van der Waals surface area contributed by atoms with Crippen LogP contribution in [0.15, 0.2) is 11.8 Å². The molecule has 0 saturated heterocycles. The Labute approximate surface area is 80.0 Å². The quantitative estimate of drug-likeness (QED) is 0.656. The number of rotatable bonds is 2. The van der Waals surface area contributed by atoms with Gasteiger partial charge in [0, 0.05) is 18.9 Å². The second-order valence-electron chi connectivity index (χ2n) is 4.76. The van der Waals surface area contributed by atoms with E-state index in [2.05, 4.69) is 13.8 Å². The van der Waals surface area contributed by atoms with Gasteiger partial charge in [0.1, 0.15) is 5.76 Å². The predicted molar refractivity (Wildman–Crippen MR) is 52.3 cm³/mol. The van der Waals surface area contributed by atoms with E-state index in [1.54, 1.807) is 6.08 Å². The number of carbonyl (C=O) groups excluding carboxylic acids is 1. The molecule has 0 bridgehead atoms. The fraction of sp³-hybridized carbons (Fsp3) is 0.727. The van der Waals surface area contributed by atoms with Crippen LogP contribution in [0.4, 0.5) is 0 Å². The van der Waals surface area contributed by atoms with Crippen molar-refractivity contribution in [3.63, 3.8) is 0 Å². The largest absolute Gasteiger partial charge is 0.495 e. The normalized spacial score (nSPS) is 21.6. The maximum absolute atomic E-state index is 11.3. The van der Waals surface area contributed by atoms with Gasteiger partial charge in [-0.05, 0) is 19.3 Å². The highest BCUT2D eigenvalue weighted by Gasteiger charge is 2.28. The second kappa shape index (κ2) is 3.52. The molecule has 0 saturated carbocycles. The first-order valence-electron chi connectivity index (χ1n) is 4.79. The van der Waals surface area contributed by atoms with Crippen molar-refractivity contribution in [3.05, 3.63) is 11.8 Å². The van der Waals surface area contributed by atoms with Crippen molar-refractivity contribution < 1.29 is 9.53 Å². The van der Waals surface area contributed by atoms with Crippen LogP contribution < -0.4 is 0 Å². The van der Waals surface area contributed by atoms with E-state index in [-0.39, 0.29) is 17.3 Å². The van der Waals surface area contributed by atoms with Gasteiger partial charge in [0.2, 0.25) is 0 Å². The zero-order valence-electron chi connectivity index (χ0n) is 8.89. The zero-order chi connectivity index (χ0) is 10.1. The summed E-state index contributed by atoms with van der Waals surface area (Å²) in [6.45, 7) is 8.16. The maximum Gasteiger partial charge on any atom is 0.159 e. The molecule has 0 amide bonds. The summed E-state index contributed by atoms with van der Waals surface area (Å²) in [7, 11) is 0. The van der Waals surface area contributed by atoms with Gasteiger partial charge in [0.05, 0.1) is 6.10 Å². The van der Waals surface area contributed by atoms with Crippen LogP contribution in [0.3, 0.4) is 0 Å². The molecule has 2 heteroatoms. The summed E-state index contributed by atoms with van der Waals surface area (Å²) in [4.78, 5) is 11.3. The standard InChI is InChI=1S/C11H18O2/c1-8(2)13-10-5-9(12)6-11(3,4)7-10/h5,8H,6-7H2,1-4H3. The molecule has 74 valence electrons. The molecule has 0 spiro atoms. The van der Waals surface area contributed by atoms with Gasteiger partial charge < -0.3 is 4.74 Å². The van der Waals surface area contributed by atoms with E-state index in [0.29, 0.717) is 6.42 Å². The van der Waals surface area contributed by atoms with Crippen molar-refractivity contribution in [1.29, 1.82) is 0 Å². The molecule has 0 aromatic heterocycles. The van der Waals surface area contributed by atoms with E-state index in [1.807, 2.05) is 13.8 Å². The van der Waals surface area contributed by atoms with Gasteiger partial charge in [-0.1, -0.05) is 13.8 Å². The topological polar surface area (TPSA) is 26.3 Å². The van der Waals surface area contributed by atoms with Crippen molar-refractivity contribution in [2.45, 2.75) is 46.6 Å². The second-order valence-corrected chi connectivity index (χ2v) is 4.76. The lowest BCUT2D eigenvalue weighted by atomic mass is 9.79. The molecule has 0 heterocycles. The average molecular weight is 182 g/mol. The maximum atomic E-state index is 11.3. The summed E-state index contributed by atoms with van der Waals surface area (Å²) >= 11 is 0. The highest BCUT2D eigenvalue weighted by molar-refractivity contribution is 5.91. The summed E-state index contributed by atoms with van der Waals surface area (Å²) in [5.41, 5.74) is 0.0655. The van der Waals surface area contributed by atoms with Crippen LogP contribution in [0, 0.1) is 5.41 Å². The lowest BCUT2D eigenvalue weighted by Gasteiger charge is -2.29. The van der Waals surface area contributed by atoms with Crippen molar-refractivity contribution in [2.24, 2.45) is 5.41 Å². The molecule has 0 N–H and O–H groups in total. The third kappa shape index (κ3) is 3.21. The average Bonchev–Trinajstić information content (AvgIpc) is 1.78. The van der Waals surface area contributed by atoms with E-state index in [0.717, 1.165) is 12.2 Å². The van der Waals surface area contributed by atoms with Gasteiger partial charge >= 0.3 is 0 Å². The monoisotopic (exact) mass is 182 g/mol. The van der Waals surface area contributed by atoms with Crippen molar-refractivity contribution in [1.82, 2.24) is 0 Å². The van der Waals surface area contributed by atoms with Crippen LogP contribution in [0.1, 0.15) is 40.5 Å². The van der Waals surface area contributed by atoms with Gasteiger partial charge in [-0.15, -0.1) is 0 Å². The molecule has 1 rings (SSSR count). The van der Waals surface area contributed by atoms with E-state index in [9.17, 15) is 4.79 Å². The fourth-order valence-electron chi connectivity index (χ4n) is 1.67. The minimum atomic E-state index is 0.0655. The van der Waals surface area contributed by atoms with Gasteiger partial charge in [-0.2, -0.15) is 0 Å². The Balaban J connectivity index is 2.70. The minimum Gasteiger partial charge on any atom is -0.495 e. The van der Waals surface area contributed by atoms with Crippen LogP contribution in [0.25, 0.3) is 0 Å². The molecule has 13 heavy (non-hydrogen) atoms. The zero-order valence-corrected chi connectivity index (χ0v) is 8.89. The minimum absolute atomic E-state index is 0.0655. The van der Waals surface area contributed by atoms with Crippen LogP contribution >= 0.6 is 0 Å². The van der Waals surface area contributed by atoms with Crippen molar-refractivity contribution in [2.75, 3.05) is 0 Å². The van der Waals surface area contributed by atoms with Gasteiger partial charge in [0.15, 0.2) is 5.78 Å². The van der Waals surface area contributed by atoms with Crippen molar-refractivity contribution in [3.8, 4) is 0 Å². The number of allylic oxidation sites excluding steroid dienone is 2. The number of ketones is 1. The Morgan fingerprint density at radius 1 is 1.38 bits per heavy atom.